The summed E-state index contributed by atoms with van der Waals surface area (Å²) in [5.41, 5.74) is 0.415. The number of hydrogen-bond acceptors (Lipinski definition) is 5. The van der Waals surface area contributed by atoms with Crippen molar-refractivity contribution in [3.8, 4) is 0 Å². The minimum atomic E-state index is -0.169. The molecule has 2 amide bonds. The van der Waals surface area contributed by atoms with Crippen molar-refractivity contribution in [3.63, 3.8) is 0 Å². The summed E-state index contributed by atoms with van der Waals surface area (Å²) in [6, 6.07) is 2.05. The Kier molecular flexibility index (Phi) is 7.22. The van der Waals surface area contributed by atoms with Crippen LogP contribution in [0.2, 0.25) is 0 Å². The van der Waals surface area contributed by atoms with E-state index in [9.17, 15) is 9.59 Å². The Morgan fingerprint density at radius 3 is 2.96 bits per heavy atom. The Bertz CT molecular complexity index is 588. The molecule has 2 saturated heterocycles. The lowest BCUT2D eigenvalue weighted by atomic mass is 10.1. The van der Waals surface area contributed by atoms with Gasteiger partial charge in [-0.05, 0) is 25.5 Å². The molecule has 1 atom stereocenters. The SMILES string of the molecule is COCCN1CCN(C(=O)c2ccn(C3CCCNC3)n2)CC1=O.Cl. The molecule has 2 fully saturated rings. The number of rotatable bonds is 5. The van der Waals surface area contributed by atoms with Gasteiger partial charge >= 0.3 is 0 Å². The third-order valence-corrected chi connectivity index (χ3v) is 4.64. The van der Waals surface area contributed by atoms with Gasteiger partial charge in [0.2, 0.25) is 5.91 Å². The highest BCUT2D eigenvalue weighted by Crippen LogP contribution is 2.16. The number of piperazine rings is 1. The number of nitrogens with zero attached hydrogens (tertiary/aromatic N) is 4. The number of aromatic nitrogens is 2. The van der Waals surface area contributed by atoms with E-state index in [2.05, 4.69) is 10.4 Å². The number of piperidine rings is 1. The highest BCUT2D eigenvalue weighted by Gasteiger charge is 2.29. The van der Waals surface area contributed by atoms with Crippen LogP contribution in [0.15, 0.2) is 12.3 Å². The molecule has 8 nitrogen and oxygen atoms in total. The lowest BCUT2D eigenvalue weighted by Gasteiger charge is -2.33. The molecule has 3 rings (SSSR count). The van der Waals surface area contributed by atoms with E-state index in [-0.39, 0.29) is 30.8 Å². The van der Waals surface area contributed by atoms with E-state index in [1.165, 1.54) is 0 Å². The summed E-state index contributed by atoms with van der Waals surface area (Å²) < 4.78 is 6.88. The molecule has 0 aromatic carbocycles. The van der Waals surface area contributed by atoms with Crippen LogP contribution in [0.3, 0.4) is 0 Å². The topological polar surface area (TPSA) is 79.7 Å². The second kappa shape index (κ2) is 9.17. The van der Waals surface area contributed by atoms with Crippen LogP contribution in [0.1, 0.15) is 29.4 Å². The van der Waals surface area contributed by atoms with Gasteiger partial charge in [0.15, 0.2) is 0 Å². The molecule has 2 aliphatic heterocycles. The molecule has 0 aliphatic carbocycles. The minimum Gasteiger partial charge on any atom is -0.383 e. The van der Waals surface area contributed by atoms with Gasteiger partial charge in [-0.15, -0.1) is 12.4 Å². The summed E-state index contributed by atoms with van der Waals surface area (Å²) in [6.45, 7) is 4.19. The van der Waals surface area contributed by atoms with Crippen molar-refractivity contribution >= 4 is 24.2 Å². The predicted molar refractivity (Wildman–Crippen MR) is 95.0 cm³/mol. The van der Waals surface area contributed by atoms with Crippen molar-refractivity contribution in [1.29, 1.82) is 0 Å². The number of carbonyl (C=O) groups is 2. The van der Waals surface area contributed by atoms with Gasteiger partial charge in [-0.2, -0.15) is 5.10 Å². The number of hydrogen-bond donors (Lipinski definition) is 1. The molecular formula is C16H26ClN5O3. The van der Waals surface area contributed by atoms with Crippen molar-refractivity contribution in [1.82, 2.24) is 24.9 Å². The van der Waals surface area contributed by atoms with E-state index in [1.807, 2.05) is 10.9 Å². The summed E-state index contributed by atoms with van der Waals surface area (Å²) in [7, 11) is 1.61. The van der Waals surface area contributed by atoms with E-state index >= 15 is 0 Å². The normalized spacial score (nSPS) is 21.2. The first-order valence-electron chi connectivity index (χ1n) is 8.51. The summed E-state index contributed by atoms with van der Waals surface area (Å²) in [6.07, 6.45) is 4.05. The van der Waals surface area contributed by atoms with Gasteiger partial charge in [-0.25, -0.2) is 0 Å². The van der Waals surface area contributed by atoms with Crippen molar-refractivity contribution in [2.45, 2.75) is 18.9 Å². The maximum atomic E-state index is 12.6. The molecule has 1 unspecified atom stereocenters. The number of halogens is 1. The highest BCUT2D eigenvalue weighted by molar-refractivity contribution is 5.95. The highest BCUT2D eigenvalue weighted by atomic mass is 35.5. The lowest BCUT2D eigenvalue weighted by Crippen LogP contribution is -2.53. The Morgan fingerprint density at radius 1 is 1.44 bits per heavy atom. The molecule has 0 saturated carbocycles. The predicted octanol–water partition coefficient (Wildman–Crippen LogP) is 0.160. The zero-order valence-corrected chi connectivity index (χ0v) is 15.3. The maximum Gasteiger partial charge on any atom is 0.274 e. The van der Waals surface area contributed by atoms with Gasteiger partial charge in [0.25, 0.3) is 5.91 Å². The molecular weight excluding hydrogens is 346 g/mol. The third kappa shape index (κ3) is 4.71. The van der Waals surface area contributed by atoms with Gasteiger partial charge in [0.05, 0.1) is 12.6 Å². The standard InChI is InChI=1S/C16H25N5O3.ClH/c1-24-10-9-19-7-8-20(12-15(19)22)16(23)14-4-6-21(18-14)13-3-2-5-17-11-13;/h4,6,13,17H,2-3,5,7-12H2,1H3;1H. The van der Waals surface area contributed by atoms with Crippen LogP contribution >= 0.6 is 12.4 Å². The van der Waals surface area contributed by atoms with Crippen LogP contribution in [-0.4, -0.2) is 84.4 Å². The molecule has 0 spiro atoms. The first kappa shape index (κ1) is 19.7. The van der Waals surface area contributed by atoms with E-state index < -0.39 is 0 Å². The molecule has 25 heavy (non-hydrogen) atoms. The molecule has 0 radical (unpaired) electrons. The molecule has 1 N–H and O–H groups in total. The maximum absolute atomic E-state index is 12.6. The zero-order valence-electron chi connectivity index (χ0n) is 14.5. The quantitative estimate of drug-likeness (QED) is 0.797. The van der Waals surface area contributed by atoms with Crippen molar-refractivity contribution in [3.05, 3.63) is 18.0 Å². The zero-order chi connectivity index (χ0) is 16.9. The molecule has 140 valence electrons. The third-order valence-electron chi connectivity index (χ3n) is 4.64. The number of carbonyl (C=O) groups excluding carboxylic acids is 2. The first-order chi connectivity index (χ1) is 11.7. The number of amides is 2. The van der Waals surface area contributed by atoms with Gasteiger partial charge in [-0.3, -0.25) is 14.3 Å². The van der Waals surface area contributed by atoms with Gasteiger partial charge in [0.1, 0.15) is 12.2 Å². The Morgan fingerprint density at radius 2 is 2.28 bits per heavy atom. The number of nitrogens with one attached hydrogen (secondary N) is 1. The van der Waals surface area contributed by atoms with Crippen LogP contribution in [0.5, 0.6) is 0 Å². The van der Waals surface area contributed by atoms with E-state index in [4.69, 9.17) is 4.74 Å². The van der Waals surface area contributed by atoms with Crippen LogP contribution in [0.4, 0.5) is 0 Å². The van der Waals surface area contributed by atoms with Crippen LogP contribution in [0.25, 0.3) is 0 Å². The fourth-order valence-electron chi connectivity index (χ4n) is 3.20. The fraction of sp³-hybridized carbons (Fsp3) is 0.688. The molecule has 2 aliphatic rings. The number of ether oxygens (including phenoxy) is 1. The fourth-order valence-corrected chi connectivity index (χ4v) is 3.20. The average Bonchev–Trinajstić information content (AvgIpc) is 3.11. The largest absolute Gasteiger partial charge is 0.383 e. The van der Waals surface area contributed by atoms with Crippen molar-refractivity contribution < 1.29 is 14.3 Å². The van der Waals surface area contributed by atoms with Crippen LogP contribution in [-0.2, 0) is 9.53 Å². The monoisotopic (exact) mass is 371 g/mol. The van der Waals surface area contributed by atoms with Crippen molar-refractivity contribution in [2.24, 2.45) is 0 Å². The Hall–Kier alpha value is -1.64. The van der Waals surface area contributed by atoms with Gasteiger partial charge in [-0.1, -0.05) is 0 Å². The molecule has 0 bridgehead atoms. The van der Waals surface area contributed by atoms with Crippen LogP contribution < -0.4 is 5.32 Å². The minimum absolute atomic E-state index is 0. The number of methoxy groups -OCH3 is 1. The summed E-state index contributed by atoms with van der Waals surface area (Å²) in [5, 5.41) is 7.79. The summed E-state index contributed by atoms with van der Waals surface area (Å²) in [5.74, 6) is -0.208. The molecule has 1 aromatic rings. The van der Waals surface area contributed by atoms with E-state index in [0.29, 0.717) is 38.0 Å². The second-order valence-corrected chi connectivity index (χ2v) is 6.28. The molecule has 1 aromatic heterocycles. The van der Waals surface area contributed by atoms with Gasteiger partial charge in [0, 0.05) is 39.5 Å². The Balaban J connectivity index is 0.00000225. The van der Waals surface area contributed by atoms with Crippen molar-refractivity contribution in [2.75, 3.05) is 53.0 Å². The Labute approximate surface area is 153 Å². The average molecular weight is 372 g/mol. The lowest BCUT2D eigenvalue weighted by molar-refractivity contribution is -0.135. The van der Waals surface area contributed by atoms with Crippen LogP contribution in [0, 0.1) is 0 Å². The summed E-state index contributed by atoms with van der Waals surface area (Å²) in [4.78, 5) is 28.1. The van der Waals surface area contributed by atoms with E-state index in [1.54, 1.807) is 23.0 Å². The second-order valence-electron chi connectivity index (χ2n) is 6.28. The van der Waals surface area contributed by atoms with E-state index in [0.717, 1.165) is 25.9 Å². The summed E-state index contributed by atoms with van der Waals surface area (Å²) >= 11 is 0. The smallest absolute Gasteiger partial charge is 0.274 e. The molecule has 9 heteroatoms. The van der Waals surface area contributed by atoms with Gasteiger partial charge < -0.3 is 19.9 Å². The first-order valence-corrected chi connectivity index (χ1v) is 8.51. The molecule has 3 heterocycles.